The Morgan fingerprint density at radius 2 is 2.14 bits per heavy atom. The average molecular weight is 345 g/mol. The summed E-state index contributed by atoms with van der Waals surface area (Å²) in [6.45, 7) is 2.56. The van der Waals surface area contributed by atoms with Crippen molar-refractivity contribution in [1.29, 1.82) is 0 Å². The lowest BCUT2D eigenvalue weighted by Gasteiger charge is -2.22. The molecule has 0 aromatic heterocycles. The molecule has 0 spiro atoms. The van der Waals surface area contributed by atoms with E-state index >= 15 is 0 Å². The largest absolute Gasteiger partial charge is 0.480 e. The molecular weight excluding hydrogens is 327 g/mol. The van der Waals surface area contributed by atoms with E-state index in [0.717, 1.165) is 12.0 Å². The van der Waals surface area contributed by atoms with Crippen molar-refractivity contribution in [3.05, 3.63) is 33.8 Å². The number of halogens is 2. The molecule has 1 aromatic rings. The first kappa shape index (κ1) is 17.1. The van der Waals surface area contributed by atoms with E-state index in [9.17, 15) is 9.59 Å². The van der Waals surface area contributed by atoms with E-state index in [1.807, 2.05) is 6.92 Å². The molecule has 0 radical (unpaired) electrons. The molecule has 0 aliphatic carbocycles. The zero-order valence-corrected chi connectivity index (χ0v) is 13.7. The van der Waals surface area contributed by atoms with Crippen molar-refractivity contribution in [3.63, 3.8) is 0 Å². The zero-order valence-electron chi connectivity index (χ0n) is 12.2. The standard InChI is InChI=1S/C15H18Cl2N2O3/c1-9(10-4-5-11(16)12(17)7-10)18-14(20)8-19-6-2-3-13(19)15(21)22/h4-5,7,9,13H,2-3,6,8H2,1H3,(H,18,20)(H,21,22). The highest BCUT2D eigenvalue weighted by Crippen LogP contribution is 2.25. The Bertz CT molecular complexity index is 580. The van der Waals surface area contributed by atoms with E-state index in [1.165, 1.54) is 0 Å². The van der Waals surface area contributed by atoms with Gasteiger partial charge >= 0.3 is 5.97 Å². The van der Waals surface area contributed by atoms with Crippen LogP contribution < -0.4 is 5.32 Å². The van der Waals surface area contributed by atoms with E-state index in [-0.39, 0.29) is 18.5 Å². The molecule has 120 valence electrons. The number of hydrogen-bond acceptors (Lipinski definition) is 3. The first-order valence-electron chi connectivity index (χ1n) is 7.09. The summed E-state index contributed by atoms with van der Waals surface area (Å²) in [5.41, 5.74) is 0.846. The van der Waals surface area contributed by atoms with E-state index in [4.69, 9.17) is 28.3 Å². The van der Waals surface area contributed by atoms with Gasteiger partial charge in [0.2, 0.25) is 5.91 Å². The molecule has 0 saturated carbocycles. The van der Waals surface area contributed by atoms with Gasteiger partial charge in [-0.05, 0) is 44.0 Å². The molecule has 1 aliphatic rings. The number of aliphatic carboxylic acids is 1. The van der Waals surface area contributed by atoms with Gasteiger partial charge in [0.25, 0.3) is 0 Å². The number of carbonyl (C=O) groups is 2. The van der Waals surface area contributed by atoms with Crippen LogP contribution in [0.15, 0.2) is 18.2 Å². The van der Waals surface area contributed by atoms with Crippen molar-refractivity contribution in [2.45, 2.75) is 31.8 Å². The molecule has 2 unspecified atom stereocenters. The van der Waals surface area contributed by atoms with Crippen LogP contribution >= 0.6 is 23.2 Å². The van der Waals surface area contributed by atoms with Gasteiger partial charge < -0.3 is 10.4 Å². The normalized spacial score (nSPS) is 19.9. The Kier molecular flexibility index (Phi) is 5.67. The molecule has 1 aliphatic heterocycles. The fraction of sp³-hybridized carbons (Fsp3) is 0.467. The lowest BCUT2D eigenvalue weighted by atomic mass is 10.1. The molecule has 0 bridgehead atoms. The summed E-state index contributed by atoms with van der Waals surface area (Å²) >= 11 is 11.8. The Labute approximate surface area is 139 Å². The minimum atomic E-state index is -0.872. The van der Waals surface area contributed by atoms with Crippen LogP contribution in [-0.4, -0.2) is 41.0 Å². The second-order valence-electron chi connectivity index (χ2n) is 5.43. The SMILES string of the molecule is CC(NC(=O)CN1CCCC1C(=O)O)c1ccc(Cl)c(Cl)c1. The molecule has 22 heavy (non-hydrogen) atoms. The summed E-state index contributed by atoms with van der Waals surface area (Å²) in [4.78, 5) is 24.9. The van der Waals surface area contributed by atoms with Crippen LogP contribution in [0.1, 0.15) is 31.4 Å². The Morgan fingerprint density at radius 3 is 2.77 bits per heavy atom. The van der Waals surface area contributed by atoms with E-state index in [2.05, 4.69) is 5.32 Å². The summed E-state index contributed by atoms with van der Waals surface area (Å²) < 4.78 is 0. The number of rotatable bonds is 5. The number of carboxylic acids is 1. The minimum absolute atomic E-state index is 0.0859. The molecule has 5 nitrogen and oxygen atoms in total. The number of nitrogens with one attached hydrogen (secondary N) is 1. The third kappa shape index (κ3) is 4.12. The first-order chi connectivity index (χ1) is 10.4. The fourth-order valence-corrected chi connectivity index (χ4v) is 2.94. The van der Waals surface area contributed by atoms with E-state index in [1.54, 1.807) is 23.1 Å². The molecule has 2 rings (SSSR count). The lowest BCUT2D eigenvalue weighted by molar-refractivity contribution is -0.142. The number of likely N-dealkylation sites (tertiary alicyclic amines) is 1. The summed E-state index contributed by atoms with van der Waals surface area (Å²) in [5, 5.41) is 12.9. The average Bonchev–Trinajstić information content (AvgIpc) is 2.89. The van der Waals surface area contributed by atoms with Crippen LogP contribution in [0, 0.1) is 0 Å². The number of hydrogen-bond donors (Lipinski definition) is 2. The highest BCUT2D eigenvalue weighted by atomic mass is 35.5. The highest BCUT2D eigenvalue weighted by molar-refractivity contribution is 6.42. The predicted molar refractivity (Wildman–Crippen MR) is 85.3 cm³/mol. The summed E-state index contributed by atoms with van der Waals surface area (Å²) in [6, 6.07) is 4.40. The molecule has 2 N–H and O–H groups in total. The zero-order chi connectivity index (χ0) is 16.3. The fourth-order valence-electron chi connectivity index (χ4n) is 2.63. The molecule has 1 fully saturated rings. The highest BCUT2D eigenvalue weighted by Gasteiger charge is 2.31. The lowest BCUT2D eigenvalue weighted by Crippen LogP contribution is -2.43. The first-order valence-corrected chi connectivity index (χ1v) is 7.85. The van der Waals surface area contributed by atoms with Gasteiger partial charge in [0, 0.05) is 0 Å². The monoisotopic (exact) mass is 344 g/mol. The quantitative estimate of drug-likeness (QED) is 0.861. The number of benzene rings is 1. The Morgan fingerprint density at radius 1 is 1.41 bits per heavy atom. The molecule has 2 atom stereocenters. The topological polar surface area (TPSA) is 69.6 Å². The van der Waals surface area contributed by atoms with Gasteiger partial charge in [-0.2, -0.15) is 0 Å². The van der Waals surface area contributed by atoms with Gasteiger partial charge in [-0.1, -0.05) is 29.3 Å². The van der Waals surface area contributed by atoms with Crippen molar-refractivity contribution in [2.75, 3.05) is 13.1 Å². The van der Waals surface area contributed by atoms with Crippen molar-refractivity contribution in [1.82, 2.24) is 10.2 Å². The second-order valence-corrected chi connectivity index (χ2v) is 6.24. The predicted octanol–water partition coefficient (Wildman–Crippen LogP) is 2.72. The number of carboxylic acid groups (broad SMARTS) is 1. The molecule has 1 heterocycles. The van der Waals surface area contributed by atoms with Crippen molar-refractivity contribution < 1.29 is 14.7 Å². The van der Waals surface area contributed by atoms with E-state index < -0.39 is 12.0 Å². The van der Waals surface area contributed by atoms with Crippen LogP contribution in [-0.2, 0) is 9.59 Å². The summed E-state index contributed by atoms with van der Waals surface area (Å²) in [5.74, 6) is -1.07. The summed E-state index contributed by atoms with van der Waals surface area (Å²) in [7, 11) is 0. The van der Waals surface area contributed by atoms with Gasteiger partial charge in [0.1, 0.15) is 6.04 Å². The number of nitrogens with zero attached hydrogens (tertiary/aromatic N) is 1. The van der Waals surface area contributed by atoms with Crippen molar-refractivity contribution >= 4 is 35.1 Å². The maximum atomic E-state index is 12.1. The summed E-state index contributed by atoms with van der Waals surface area (Å²) in [6.07, 6.45) is 1.39. The van der Waals surface area contributed by atoms with Gasteiger partial charge in [0.05, 0.1) is 22.6 Å². The van der Waals surface area contributed by atoms with Crippen molar-refractivity contribution in [3.8, 4) is 0 Å². The molecule has 7 heteroatoms. The second kappa shape index (κ2) is 7.31. The van der Waals surface area contributed by atoms with Crippen LogP contribution in [0.2, 0.25) is 10.0 Å². The molecular formula is C15H18Cl2N2O3. The Balaban J connectivity index is 1.93. The Hall–Kier alpha value is -1.30. The molecule has 1 amide bonds. The van der Waals surface area contributed by atoms with Crippen LogP contribution in [0.3, 0.4) is 0 Å². The molecule has 1 saturated heterocycles. The van der Waals surface area contributed by atoms with Crippen LogP contribution in [0.4, 0.5) is 0 Å². The molecule has 1 aromatic carbocycles. The number of carbonyl (C=O) groups excluding carboxylic acids is 1. The smallest absolute Gasteiger partial charge is 0.320 e. The third-order valence-corrected chi connectivity index (χ3v) is 4.56. The van der Waals surface area contributed by atoms with Crippen LogP contribution in [0.25, 0.3) is 0 Å². The van der Waals surface area contributed by atoms with E-state index in [0.29, 0.717) is 23.0 Å². The maximum Gasteiger partial charge on any atom is 0.320 e. The van der Waals surface area contributed by atoms with Crippen molar-refractivity contribution in [2.24, 2.45) is 0 Å². The van der Waals surface area contributed by atoms with Gasteiger partial charge in [-0.15, -0.1) is 0 Å². The van der Waals surface area contributed by atoms with Crippen LogP contribution in [0.5, 0.6) is 0 Å². The van der Waals surface area contributed by atoms with Gasteiger partial charge in [0.15, 0.2) is 0 Å². The maximum absolute atomic E-state index is 12.1. The third-order valence-electron chi connectivity index (χ3n) is 3.82. The minimum Gasteiger partial charge on any atom is -0.480 e. The van der Waals surface area contributed by atoms with Gasteiger partial charge in [-0.25, -0.2) is 0 Å². The van der Waals surface area contributed by atoms with Gasteiger partial charge in [-0.3, -0.25) is 14.5 Å². The number of amides is 1.